The number of nitrogens with zero attached hydrogens (tertiary/aromatic N) is 1. The molecule has 3 rings (SSSR count). The SMILES string of the molecule is CCCNC(=O)C(=O)Nn1c(C(=O)Nc2cccc(Cl)c2)cc2cc(Br)ccc21. The summed E-state index contributed by atoms with van der Waals surface area (Å²) in [5.41, 5.74) is 3.74. The number of amides is 3. The Morgan fingerprint density at radius 2 is 1.86 bits per heavy atom. The molecular weight excluding hydrogens is 460 g/mol. The van der Waals surface area contributed by atoms with Crippen LogP contribution < -0.4 is 16.1 Å². The highest BCUT2D eigenvalue weighted by Gasteiger charge is 2.20. The van der Waals surface area contributed by atoms with Crippen molar-refractivity contribution in [3.8, 4) is 0 Å². The van der Waals surface area contributed by atoms with Gasteiger partial charge in [-0.15, -0.1) is 0 Å². The molecule has 3 aromatic rings. The minimum Gasteiger partial charge on any atom is -0.348 e. The molecule has 3 amide bonds. The summed E-state index contributed by atoms with van der Waals surface area (Å²) in [5, 5.41) is 6.45. The highest BCUT2D eigenvalue weighted by atomic mass is 79.9. The fourth-order valence-electron chi connectivity index (χ4n) is 2.71. The fraction of sp³-hybridized carbons (Fsp3) is 0.150. The molecule has 150 valence electrons. The van der Waals surface area contributed by atoms with E-state index in [-0.39, 0.29) is 5.69 Å². The van der Waals surface area contributed by atoms with Gasteiger partial charge in [0.2, 0.25) is 0 Å². The molecule has 0 bridgehead atoms. The highest BCUT2D eigenvalue weighted by molar-refractivity contribution is 9.10. The molecule has 0 aliphatic carbocycles. The zero-order valence-corrected chi connectivity index (χ0v) is 17.8. The van der Waals surface area contributed by atoms with Crippen LogP contribution in [0, 0.1) is 0 Å². The Hall–Kier alpha value is -2.84. The molecule has 0 unspecified atom stereocenters. The van der Waals surface area contributed by atoms with Crippen molar-refractivity contribution in [1.82, 2.24) is 9.99 Å². The lowest BCUT2D eigenvalue weighted by molar-refractivity contribution is -0.136. The molecule has 0 atom stereocenters. The van der Waals surface area contributed by atoms with Crippen LogP contribution in [0.1, 0.15) is 23.8 Å². The highest BCUT2D eigenvalue weighted by Crippen LogP contribution is 2.24. The van der Waals surface area contributed by atoms with Crippen molar-refractivity contribution in [1.29, 1.82) is 0 Å². The molecule has 29 heavy (non-hydrogen) atoms. The molecule has 0 saturated carbocycles. The summed E-state index contributed by atoms with van der Waals surface area (Å²) in [6.45, 7) is 2.27. The average Bonchev–Trinajstić information content (AvgIpc) is 3.03. The Morgan fingerprint density at radius 1 is 1.07 bits per heavy atom. The van der Waals surface area contributed by atoms with Crippen molar-refractivity contribution in [2.75, 3.05) is 17.3 Å². The van der Waals surface area contributed by atoms with Crippen molar-refractivity contribution >= 4 is 61.8 Å². The smallest absolute Gasteiger partial charge is 0.328 e. The number of benzene rings is 2. The maximum Gasteiger partial charge on any atom is 0.328 e. The normalized spacial score (nSPS) is 10.6. The molecular formula is C20H18BrClN4O3. The number of hydrogen-bond donors (Lipinski definition) is 3. The largest absolute Gasteiger partial charge is 0.348 e. The number of aromatic nitrogens is 1. The van der Waals surface area contributed by atoms with E-state index in [2.05, 4.69) is 32.0 Å². The van der Waals surface area contributed by atoms with Crippen LogP contribution in [0.25, 0.3) is 10.9 Å². The molecule has 0 radical (unpaired) electrons. The summed E-state index contributed by atoms with van der Waals surface area (Å²) in [7, 11) is 0. The molecule has 2 aromatic carbocycles. The summed E-state index contributed by atoms with van der Waals surface area (Å²) in [6, 6.07) is 13.7. The van der Waals surface area contributed by atoms with Crippen molar-refractivity contribution < 1.29 is 14.4 Å². The first kappa shape index (κ1) is 20.9. The van der Waals surface area contributed by atoms with E-state index in [9.17, 15) is 14.4 Å². The predicted molar refractivity (Wildman–Crippen MR) is 117 cm³/mol. The topological polar surface area (TPSA) is 92.2 Å². The summed E-state index contributed by atoms with van der Waals surface area (Å²) >= 11 is 9.36. The van der Waals surface area contributed by atoms with Crippen LogP contribution >= 0.6 is 27.5 Å². The van der Waals surface area contributed by atoms with Crippen LogP contribution in [0.15, 0.2) is 53.0 Å². The van der Waals surface area contributed by atoms with Crippen LogP contribution in [0.4, 0.5) is 5.69 Å². The van der Waals surface area contributed by atoms with Gasteiger partial charge in [-0.05, 0) is 48.9 Å². The van der Waals surface area contributed by atoms with Gasteiger partial charge < -0.3 is 10.6 Å². The second-order valence-electron chi connectivity index (χ2n) is 6.23. The second kappa shape index (κ2) is 9.11. The predicted octanol–water partition coefficient (Wildman–Crippen LogP) is 3.91. The van der Waals surface area contributed by atoms with Crippen LogP contribution in [-0.2, 0) is 9.59 Å². The first-order chi connectivity index (χ1) is 13.9. The Balaban J connectivity index is 1.95. The number of carbonyl (C=O) groups is 3. The Morgan fingerprint density at radius 3 is 2.59 bits per heavy atom. The Labute approximate surface area is 180 Å². The van der Waals surface area contributed by atoms with Gasteiger partial charge in [0.1, 0.15) is 5.69 Å². The quantitative estimate of drug-likeness (QED) is 0.487. The summed E-state index contributed by atoms with van der Waals surface area (Å²) in [4.78, 5) is 37.2. The van der Waals surface area contributed by atoms with Gasteiger partial charge in [-0.1, -0.05) is 40.5 Å². The standard InChI is InChI=1S/C20H18BrClN4O3/c1-2-8-23-19(28)20(29)25-26-16-7-6-13(21)9-12(16)10-17(26)18(27)24-15-5-3-4-14(22)11-15/h3-7,9-11H,2,8H2,1H3,(H,23,28)(H,24,27)(H,25,29). The van der Waals surface area contributed by atoms with Crippen molar-refractivity contribution in [2.45, 2.75) is 13.3 Å². The van der Waals surface area contributed by atoms with E-state index in [1.165, 1.54) is 4.68 Å². The molecule has 7 nitrogen and oxygen atoms in total. The third-order valence-electron chi connectivity index (χ3n) is 4.03. The van der Waals surface area contributed by atoms with Gasteiger partial charge in [-0.2, -0.15) is 0 Å². The van der Waals surface area contributed by atoms with Gasteiger partial charge in [0.25, 0.3) is 5.91 Å². The lowest BCUT2D eigenvalue weighted by Crippen LogP contribution is -2.40. The third kappa shape index (κ3) is 4.96. The number of carbonyl (C=O) groups excluding carboxylic acids is 3. The maximum atomic E-state index is 12.9. The molecule has 0 aliphatic heterocycles. The van der Waals surface area contributed by atoms with Crippen LogP contribution in [0.2, 0.25) is 5.02 Å². The van der Waals surface area contributed by atoms with Gasteiger partial charge in [-0.25, -0.2) is 4.68 Å². The summed E-state index contributed by atoms with van der Waals surface area (Å²) in [6.07, 6.45) is 0.701. The van der Waals surface area contributed by atoms with E-state index in [0.29, 0.717) is 34.6 Å². The lowest BCUT2D eigenvalue weighted by atomic mass is 10.2. The monoisotopic (exact) mass is 476 g/mol. The lowest BCUT2D eigenvalue weighted by Gasteiger charge is -2.12. The molecule has 1 aromatic heterocycles. The van der Waals surface area contributed by atoms with Crippen molar-refractivity contribution in [3.05, 3.63) is 63.7 Å². The third-order valence-corrected chi connectivity index (χ3v) is 4.76. The van der Waals surface area contributed by atoms with Crippen LogP contribution in [0.5, 0.6) is 0 Å². The molecule has 0 aliphatic rings. The first-order valence-corrected chi connectivity index (χ1v) is 10.0. The van der Waals surface area contributed by atoms with E-state index in [1.54, 1.807) is 42.5 Å². The molecule has 9 heteroatoms. The molecule has 3 N–H and O–H groups in total. The van der Waals surface area contributed by atoms with E-state index in [0.717, 1.165) is 4.47 Å². The van der Waals surface area contributed by atoms with Gasteiger partial charge in [0, 0.05) is 27.1 Å². The van der Waals surface area contributed by atoms with Gasteiger partial charge in [0.15, 0.2) is 0 Å². The van der Waals surface area contributed by atoms with E-state index in [1.807, 2.05) is 13.0 Å². The Bertz CT molecular complexity index is 1100. The van der Waals surface area contributed by atoms with Gasteiger partial charge >= 0.3 is 11.8 Å². The van der Waals surface area contributed by atoms with Crippen molar-refractivity contribution in [3.63, 3.8) is 0 Å². The van der Waals surface area contributed by atoms with Crippen LogP contribution in [0.3, 0.4) is 0 Å². The van der Waals surface area contributed by atoms with Crippen molar-refractivity contribution in [2.24, 2.45) is 0 Å². The van der Waals surface area contributed by atoms with E-state index < -0.39 is 17.7 Å². The zero-order chi connectivity index (χ0) is 21.0. The second-order valence-corrected chi connectivity index (χ2v) is 7.58. The number of halogens is 2. The fourth-order valence-corrected chi connectivity index (χ4v) is 3.28. The summed E-state index contributed by atoms with van der Waals surface area (Å²) in [5.74, 6) is -2.10. The maximum absolute atomic E-state index is 12.9. The number of anilines is 1. The van der Waals surface area contributed by atoms with Gasteiger partial charge in [0.05, 0.1) is 5.52 Å². The first-order valence-electron chi connectivity index (χ1n) is 8.86. The molecule has 0 saturated heterocycles. The number of hydrogen-bond acceptors (Lipinski definition) is 3. The average molecular weight is 478 g/mol. The minimum atomic E-state index is -0.865. The zero-order valence-electron chi connectivity index (χ0n) is 15.5. The Kier molecular flexibility index (Phi) is 6.56. The molecule has 0 fully saturated rings. The summed E-state index contributed by atoms with van der Waals surface area (Å²) < 4.78 is 2.12. The molecule has 0 spiro atoms. The number of nitrogens with one attached hydrogen (secondary N) is 3. The van der Waals surface area contributed by atoms with E-state index >= 15 is 0 Å². The van der Waals surface area contributed by atoms with Crippen LogP contribution in [-0.4, -0.2) is 28.9 Å². The van der Waals surface area contributed by atoms with E-state index in [4.69, 9.17) is 11.6 Å². The van der Waals surface area contributed by atoms with Gasteiger partial charge in [-0.3, -0.25) is 19.8 Å². The number of rotatable bonds is 5. The minimum absolute atomic E-state index is 0.162. The molecule has 1 heterocycles. The number of fused-ring (bicyclic) bond motifs is 1.